The largest absolute Gasteiger partial charge is 0.368 e. The van der Waals surface area contributed by atoms with Crippen LogP contribution in [0.1, 0.15) is 15.2 Å². The fourth-order valence-corrected chi connectivity index (χ4v) is 5.07. The van der Waals surface area contributed by atoms with Crippen LogP contribution in [0.4, 0.5) is 5.69 Å². The third-order valence-corrected chi connectivity index (χ3v) is 6.77. The Balaban J connectivity index is 1.35. The summed E-state index contributed by atoms with van der Waals surface area (Å²) in [6.07, 6.45) is 0. The van der Waals surface area contributed by atoms with Gasteiger partial charge in [0.2, 0.25) is 0 Å². The summed E-state index contributed by atoms with van der Waals surface area (Å²) in [5.41, 5.74) is 3.32. The summed E-state index contributed by atoms with van der Waals surface area (Å²) >= 11 is 7.66. The molecule has 0 N–H and O–H groups in total. The number of carbonyl (C=O) groups excluding carboxylic acids is 1. The van der Waals surface area contributed by atoms with E-state index in [9.17, 15) is 4.79 Å². The average Bonchev–Trinajstić information content (AvgIpc) is 3.16. The van der Waals surface area contributed by atoms with Gasteiger partial charge in [-0.05, 0) is 42.8 Å². The molecule has 4 aromatic rings. The van der Waals surface area contributed by atoms with Crippen molar-refractivity contribution in [2.75, 3.05) is 31.1 Å². The number of hydrogen-bond acceptors (Lipinski definition) is 4. The molecule has 3 heterocycles. The second kappa shape index (κ2) is 7.32. The Kier molecular flexibility index (Phi) is 4.64. The Morgan fingerprint density at radius 1 is 1.00 bits per heavy atom. The molecular weight excluding hydrogens is 402 g/mol. The van der Waals surface area contributed by atoms with Crippen molar-refractivity contribution < 1.29 is 4.79 Å². The van der Waals surface area contributed by atoms with E-state index in [0.29, 0.717) is 13.1 Å². The first-order valence-corrected chi connectivity index (χ1v) is 10.9. The van der Waals surface area contributed by atoms with Crippen LogP contribution >= 0.6 is 22.9 Å². The molecule has 1 saturated heterocycles. The number of thiophene rings is 1. The molecule has 0 atom stereocenters. The fraction of sp³-hybridized carbons (Fsp3) is 0.217. The molecule has 0 spiro atoms. The van der Waals surface area contributed by atoms with Crippen LogP contribution in [0.5, 0.6) is 0 Å². The molecule has 2 aromatic heterocycles. The molecule has 1 fully saturated rings. The molecule has 6 heteroatoms. The zero-order chi connectivity index (χ0) is 20.0. The number of carbonyl (C=O) groups is 1. The Bertz CT molecular complexity index is 1170. The van der Waals surface area contributed by atoms with E-state index < -0.39 is 0 Å². The Hall–Kier alpha value is -2.63. The van der Waals surface area contributed by atoms with Crippen LogP contribution in [0.2, 0.25) is 5.02 Å². The topological polar surface area (TPSA) is 36.4 Å². The van der Waals surface area contributed by atoms with Gasteiger partial charge in [-0.1, -0.05) is 35.9 Å². The number of anilines is 1. The number of aryl methyl sites for hydroxylation is 1. The van der Waals surface area contributed by atoms with Crippen LogP contribution in [0.3, 0.4) is 0 Å². The molecule has 5 rings (SSSR count). The number of rotatable bonds is 2. The first kappa shape index (κ1) is 18.4. The molecule has 146 valence electrons. The minimum atomic E-state index is 0.0968. The van der Waals surface area contributed by atoms with Crippen LogP contribution in [-0.4, -0.2) is 42.0 Å². The Morgan fingerprint density at radius 2 is 1.79 bits per heavy atom. The van der Waals surface area contributed by atoms with E-state index >= 15 is 0 Å². The lowest BCUT2D eigenvalue weighted by atomic mass is 10.1. The van der Waals surface area contributed by atoms with Crippen molar-refractivity contribution in [3.63, 3.8) is 0 Å². The first-order valence-electron chi connectivity index (χ1n) is 9.68. The minimum absolute atomic E-state index is 0.0968. The van der Waals surface area contributed by atoms with E-state index in [1.54, 1.807) is 0 Å². The van der Waals surface area contributed by atoms with Gasteiger partial charge >= 0.3 is 0 Å². The predicted molar refractivity (Wildman–Crippen MR) is 121 cm³/mol. The molecule has 29 heavy (non-hydrogen) atoms. The molecule has 1 amide bonds. The van der Waals surface area contributed by atoms with Crippen molar-refractivity contribution in [2.45, 2.75) is 6.92 Å². The lowest BCUT2D eigenvalue weighted by Crippen LogP contribution is -2.48. The van der Waals surface area contributed by atoms with Gasteiger partial charge in [0.25, 0.3) is 5.91 Å². The number of hydrogen-bond donors (Lipinski definition) is 0. The van der Waals surface area contributed by atoms with Crippen molar-refractivity contribution >= 4 is 55.7 Å². The molecule has 0 saturated carbocycles. The van der Waals surface area contributed by atoms with Gasteiger partial charge in [0.15, 0.2) is 0 Å². The molecule has 0 bridgehead atoms. The monoisotopic (exact) mass is 421 g/mol. The quantitative estimate of drug-likeness (QED) is 0.436. The summed E-state index contributed by atoms with van der Waals surface area (Å²) in [5, 5.41) is 2.88. The van der Waals surface area contributed by atoms with Gasteiger partial charge in [0, 0.05) is 47.7 Å². The first-order chi connectivity index (χ1) is 14.1. The summed E-state index contributed by atoms with van der Waals surface area (Å²) in [6, 6.07) is 18.1. The lowest BCUT2D eigenvalue weighted by Gasteiger charge is -2.36. The van der Waals surface area contributed by atoms with Crippen LogP contribution in [-0.2, 0) is 0 Å². The van der Waals surface area contributed by atoms with Gasteiger partial charge in [-0.15, -0.1) is 11.3 Å². The van der Waals surface area contributed by atoms with Crippen molar-refractivity contribution in [1.82, 2.24) is 9.88 Å². The number of para-hydroxylation sites is 1. The number of amides is 1. The normalized spacial score (nSPS) is 14.7. The maximum Gasteiger partial charge on any atom is 0.264 e. The fourth-order valence-electron chi connectivity index (χ4n) is 3.91. The average molecular weight is 422 g/mol. The van der Waals surface area contributed by atoms with Gasteiger partial charge in [0.1, 0.15) is 4.83 Å². The van der Waals surface area contributed by atoms with Gasteiger partial charge < -0.3 is 9.80 Å². The minimum Gasteiger partial charge on any atom is -0.368 e. The smallest absolute Gasteiger partial charge is 0.264 e. The number of aromatic nitrogens is 1. The molecule has 1 aliphatic heterocycles. The molecule has 2 aromatic carbocycles. The van der Waals surface area contributed by atoms with Gasteiger partial charge in [-0.3, -0.25) is 4.79 Å². The van der Waals surface area contributed by atoms with Crippen molar-refractivity contribution in [2.24, 2.45) is 0 Å². The summed E-state index contributed by atoms with van der Waals surface area (Å²) in [4.78, 5) is 23.7. The second-order valence-corrected chi connectivity index (χ2v) is 8.86. The van der Waals surface area contributed by atoms with Crippen molar-refractivity contribution in [3.8, 4) is 0 Å². The standard InChI is InChI=1S/C23H20ClN3OS/c1-15-6-7-18(24)14-20(15)26-8-10-27(11-9-26)23(28)21-13-17-12-16-4-2-3-5-19(16)25-22(17)29-21/h2-7,12-14H,8-11H2,1H3. The van der Waals surface area contributed by atoms with Crippen LogP contribution < -0.4 is 4.90 Å². The van der Waals surface area contributed by atoms with Crippen molar-refractivity contribution in [1.29, 1.82) is 0 Å². The summed E-state index contributed by atoms with van der Waals surface area (Å²) in [6.45, 7) is 5.11. The molecule has 1 aliphatic rings. The maximum absolute atomic E-state index is 13.1. The summed E-state index contributed by atoms with van der Waals surface area (Å²) < 4.78 is 0. The van der Waals surface area contributed by atoms with E-state index in [4.69, 9.17) is 16.6 Å². The van der Waals surface area contributed by atoms with Gasteiger partial charge in [0.05, 0.1) is 10.4 Å². The van der Waals surface area contributed by atoms with E-state index in [2.05, 4.69) is 24.0 Å². The second-order valence-electron chi connectivity index (χ2n) is 7.40. The number of halogens is 1. The number of benzene rings is 2. The molecule has 0 aliphatic carbocycles. The molecule has 4 nitrogen and oxygen atoms in total. The number of pyridine rings is 1. The number of nitrogens with zero attached hydrogens (tertiary/aromatic N) is 3. The molecular formula is C23H20ClN3OS. The van der Waals surface area contributed by atoms with E-state index in [1.165, 1.54) is 16.9 Å². The van der Waals surface area contributed by atoms with Crippen LogP contribution in [0.15, 0.2) is 54.6 Å². The van der Waals surface area contributed by atoms with E-state index in [1.807, 2.05) is 47.4 Å². The van der Waals surface area contributed by atoms with Crippen LogP contribution in [0.25, 0.3) is 21.1 Å². The third kappa shape index (κ3) is 3.45. The maximum atomic E-state index is 13.1. The highest BCUT2D eigenvalue weighted by Crippen LogP contribution is 2.29. The summed E-state index contributed by atoms with van der Waals surface area (Å²) in [7, 11) is 0. The third-order valence-electron chi connectivity index (χ3n) is 5.50. The lowest BCUT2D eigenvalue weighted by molar-refractivity contribution is 0.0751. The molecule has 0 radical (unpaired) electrons. The molecule has 0 unspecified atom stereocenters. The van der Waals surface area contributed by atoms with Crippen LogP contribution in [0, 0.1) is 6.92 Å². The summed E-state index contributed by atoms with van der Waals surface area (Å²) in [5.74, 6) is 0.0968. The highest BCUT2D eigenvalue weighted by Gasteiger charge is 2.24. The zero-order valence-electron chi connectivity index (χ0n) is 16.1. The number of fused-ring (bicyclic) bond motifs is 2. The van der Waals surface area contributed by atoms with E-state index in [0.717, 1.165) is 49.8 Å². The van der Waals surface area contributed by atoms with Crippen molar-refractivity contribution in [3.05, 3.63) is 70.1 Å². The SMILES string of the molecule is Cc1ccc(Cl)cc1N1CCN(C(=O)c2cc3cc4ccccc4nc3s2)CC1. The Morgan fingerprint density at radius 3 is 2.62 bits per heavy atom. The van der Waals surface area contributed by atoms with E-state index in [-0.39, 0.29) is 5.91 Å². The van der Waals surface area contributed by atoms with Gasteiger partial charge in [-0.25, -0.2) is 4.98 Å². The number of piperazine rings is 1. The highest BCUT2D eigenvalue weighted by molar-refractivity contribution is 7.20. The zero-order valence-corrected chi connectivity index (χ0v) is 17.6. The Labute approximate surface area is 178 Å². The highest BCUT2D eigenvalue weighted by atomic mass is 35.5. The predicted octanol–water partition coefficient (Wildman–Crippen LogP) is 5.37. The van der Waals surface area contributed by atoms with Gasteiger partial charge in [-0.2, -0.15) is 0 Å².